The van der Waals surface area contributed by atoms with E-state index in [-0.39, 0.29) is 6.61 Å². The number of aliphatic hydroxyl groups excluding tert-OH is 1. The highest BCUT2D eigenvalue weighted by Crippen LogP contribution is 2.21. The molecule has 1 atom stereocenters. The van der Waals surface area contributed by atoms with Crippen LogP contribution in [0.25, 0.3) is 11.3 Å². The number of nitrogens with one attached hydrogen (secondary N) is 1. The van der Waals surface area contributed by atoms with Crippen molar-refractivity contribution in [2.75, 3.05) is 6.61 Å². The van der Waals surface area contributed by atoms with Crippen LogP contribution in [-0.4, -0.2) is 17.8 Å². The van der Waals surface area contributed by atoms with Crippen molar-refractivity contribution in [3.8, 4) is 11.3 Å². The molecule has 2 N–H and O–H groups in total. The summed E-state index contributed by atoms with van der Waals surface area (Å²) in [7, 11) is 0. The van der Waals surface area contributed by atoms with Crippen molar-refractivity contribution < 1.29 is 9.52 Å². The van der Waals surface area contributed by atoms with Crippen LogP contribution < -0.4 is 5.32 Å². The van der Waals surface area contributed by atoms with Crippen LogP contribution in [0.2, 0.25) is 0 Å². The molecule has 1 heterocycles. The van der Waals surface area contributed by atoms with Gasteiger partial charge in [-0.05, 0) is 25.5 Å². The van der Waals surface area contributed by atoms with E-state index < -0.39 is 0 Å². The highest BCUT2D eigenvalue weighted by molar-refractivity contribution is 5.57. The van der Waals surface area contributed by atoms with Crippen LogP contribution in [0.1, 0.15) is 19.1 Å². The van der Waals surface area contributed by atoms with E-state index in [0.29, 0.717) is 12.6 Å². The van der Waals surface area contributed by atoms with E-state index in [2.05, 4.69) is 12.2 Å². The van der Waals surface area contributed by atoms with Crippen molar-refractivity contribution in [2.45, 2.75) is 25.9 Å². The fourth-order valence-corrected chi connectivity index (χ4v) is 1.80. The van der Waals surface area contributed by atoms with Crippen molar-refractivity contribution in [1.29, 1.82) is 0 Å². The number of furan rings is 1. The predicted molar refractivity (Wildman–Crippen MR) is 72.1 cm³/mol. The van der Waals surface area contributed by atoms with Gasteiger partial charge < -0.3 is 14.8 Å². The molecular weight excluding hydrogens is 226 g/mol. The van der Waals surface area contributed by atoms with Crippen LogP contribution in [0.15, 0.2) is 46.9 Å². The Hall–Kier alpha value is -1.58. The summed E-state index contributed by atoms with van der Waals surface area (Å²) in [6, 6.07) is 14.3. The van der Waals surface area contributed by atoms with Gasteiger partial charge in [-0.25, -0.2) is 0 Å². The maximum absolute atomic E-state index is 8.82. The van der Waals surface area contributed by atoms with Gasteiger partial charge in [-0.15, -0.1) is 0 Å². The lowest BCUT2D eigenvalue weighted by atomic mass is 10.2. The predicted octanol–water partition coefficient (Wildman–Crippen LogP) is 2.81. The maximum Gasteiger partial charge on any atom is 0.134 e. The van der Waals surface area contributed by atoms with Gasteiger partial charge in [0.15, 0.2) is 0 Å². The van der Waals surface area contributed by atoms with E-state index in [1.807, 2.05) is 42.5 Å². The maximum atomic E-state index is 8.82. The van der Waals surface area contributed by atoms with E-state index in [4.69, 9.17) is 9.52 Å². The lowest BCUT2D eigenvalue weighted by molar-refractivity contribution is 0.267. The first-order chi connectivity index (χ1) is 8.79. The van der Waals surface area contributed by atoms with Crippen LogP contribution in [0.3, 0.4) is 0 Å². The standard InChI is InChI=1S/C15H19NO2/c1-12(9-10-17)16-11-14-7-8-15(18-14)13-5-3-2-4-6-13/h2-8,12,16-17H,9-11H2,1H3. The zero-order valence-electron chi connectivity index (χ0n) is 10.6. The van der Waals surface area contributed by atoms with Gasteiger partial charge in [0.25, 0.3) is 0 Å². The van der Waals surface area contributed by atoms with E-state index in [1.54, 1.807) is 0 Å². The summed E-state index contributed by atoms with van der Waals surface area (Å²) < 4.78 is 5.77. The Morgan fingerprint density at radius 1 is 1.17 bits per heavy atom. The molecule has 3 nitrogen and oxygen atoms in total. The summed E-state index contributed by atoms with van der Waals surface area (Å²) in [6.07, 6.45) is 0.756. The largest absolute Gasteiger partial charge is 0.460 e. The Bertz CT molecular complexity index is 464. The molecule has 0 saturated heterocycles. The summed E-state index contributed by atoms with van der Waals surface area (Å²) in [4.78, 5) is 0. The third kappa shape index (κ3) is 3.45. The molecule has 1 aromatic heterocycles. The van der Waals surface area contributed by atoms with Crippen LogP contribution in [-0.2, 0) is 6.54 Å². The summed E-state index contributed by atoms with van der Waals surface area (Å²) in [6.45, 7) is 2.95. The Labute approximate surface area is 107 Å². The Kier molecular flexibility index (Phi) is 4.56. The van der Waals surface area contributed by atoms with Gasteiger partial charge in [0, 0.05) is 18.2 Å². The van der Waals surface area contributed by atoms with Crippen LogP contribution in [0.5, 0.6) is 0 Å². The van der Waals surface area contributed by atoms with Crippen molar-refractivity contribution in [2.24, 2.45) is 0 Å². The molecule has 18 heavy (non-hydrogen) atoms. The average molecular weight is 245 g/mol. The molecule has 0 bridgehead atoms. The van der Waals surface area contributed by atoms with E-state index in [9.17, 15) is 0 Å². The minimum absolute atomic E-state index is 0.210. The summed E-state index contributed by atoms with van der Waals surface area (Å²) >= 11 is 0. The minimum Gasteiger partial charge on any atom is -0.460 e. The van der Waals surface area contributed by atoms with E-state index in [0.717, 1.165) is 23.5 Å². The third-order valence-corrected chi connectivity index (χ3v) is 2.91. The molecular formula is C15H19NO2. The molecule has 0 aliphatic carbocycles. The van der Waals surface area contributed by atoms with Crippen molar-refractivity contribution in [3.63, 3.8) is 0 Å². The van der Waals surface area contributed by atoms with Crippen molar-refractivity contribution >= 4 is 0 Å². The van der Waals surface area contributed by atoms with Gasteiger partial charge >= 0.3 is 0 Å². The van der Waals surface area contributed by atoms with Gasteiger partial charge in [0.2, 0.25) is 0 Å². The smallest absolute Gasteiger partial charge is 0.134 e. The monoisotopic (exact) mass is 245 g/mol. The quantitative estimate of drug-likeness (QED) is 0.822. The molecule has 0 radical (unpaired) electrons. The van der Waals surface area contributed by atoms with Gasteiger partial charge in [-0.1, -0.05) is 30.3 Å². The topological polar surface area (TPSA) is 45.4 Å². The van der Waals surface area contributed by atoms with Crippen molar-refractivity contribution in [1.82, 2.24) is 5.32 Å². The number of benzene rings is 1. The normalized spacial score (nSPS) is 12.6. The molecule has 0 fully saturated rings. The molecule has 2 aromatic rings. The number of hydrogen-bond donors (Lipinski definition) is 2. The molecule has 0 aliphatic rings. The van der Waals surface area contributed by atoms with E-state index in [1.165, 1.54) is 0 Å². The molecule has 96 valence electrons. The van der Waals surface area contributed by atoms with Crippen LogP contribution in [0.4, 0.5) is 0 Å². The average Bonchev–Trinajstić information content (AvgIpc) is 2.87. The van der Waals surface area contributed by atoms with Gasteiger partial charge in [0.05, 0.1) is 6.54 Å². The SMILES string of the molecule is CC(CCO)NCc1ccc(-c2ccccc2)o1. The highest BCUT2D eigenvalue weighted by Gasteiger charge is 2.05. The fraction of sp³-hybridized carbons (Fsp3) is 0.333. The van der Waals surface area contributed by atoms with Crippen LogP contribution in [0, 0.1) is 0 Å². The van der Waals surface area contributed by atoms with Crippen LogP contribution >= 0.6 is 0 Å². The summed E-state index contributed by atoms with van der Waals surface area (Å²) in [5, 5.41) is 12.1. The lowest BCUT2D eigenvalue weighted by Gasteiger charge is -2.10. The second kappa shape index (κ2) is 6.38. The second-order valence-electron chi connectivity index (χ2n) is 4.43. The van der Waals surface area contributed by atoms with Gasteiger partial charge in [-0.3, -0.25) is 0 Å². The first-order valence-corrected chi connectivity index (χ1v) is 6.28. The number of aliphatic hydroxyl groups is 1. The number of hydrogen-bond acceptors (Lipinski definition) is 3. The first kappa shape index (κ1) is 12.9. The Morgan fingerprint density at radius 2 is 1.94 bits per heavy atom. The molecule has 2 rings (SSSR count). The zero-order chi connectivity index (χ0) is 12.8. The summed E-state index contributed by atoms with van der Waals surface area (Å²) in [5.41, 5.74) is 1.09. The molecule has 0 aliphatic heterocycles. The molecule has 1 aromatic carbocycles. The Balaban J connectivity index is 1.95. The van der Waals surface area contributed by atoms with E-state index >= 15 is 0 Å². The second-order valence-corrected chi connectivity index (χ2v) is 4.43. The molecule has 0 spiro atoms. The molecule has 0 saturated carbocycles. The Morgan fingerprint density at radius 3 is 2.67 bits per heavy atom. The van der Waals surface area contributed by atoms with Crippen molar-refractivity contribution in [3.05, 3.63) is 48.2 Å². The number of rotatable bonds is 6. The minimum atomic E-state index is 0.210. The molecule has 1 unspecified atom stereocenters. The highest BCUT2D eigenvalue weighted by atomic mass is 16.3. The first-order valence-electron chi connectivity index (χ1n) is 6.28. The third-order valence-electron chi connectivity index (χ3n) is 2.91. The lowest BCUT2D eigenvalue weighted by Crippen LogP contribution is -2.26. The summed E-state index contributed by atoms with van der Waals surface area (Å²) in [5.74, 6) is 1.81. The van der Waals surface area contributed by atoms with Gasteiger partial charge in [0.1, 0.15) is 11.5 Å². The molecule has 3 heteroatoms. The fourth-order valence-electron chi connectivity index (χ4n) is 1.80. The zero-order valence-corrected chi connectivity index (χ0v) is 10.6. The molecule has 0 amide bonds. The van der Waals surface area contributed by atoms with Gasteiger partial charge in [-0.2, -0.15) is 0 Å².